The summed E-state index contributed by atoms with van der Waals surface area (Å²) in [6, 6.07) is 11.6. The van der Waals surface area contributed by atoms with Gasteiger partial charge in [-0.1, -0.05) is 6.07 Å². The number of carbonyl (C=O) groups is 1. The number of benzene rings is 3. The van der Waals surface area contributed by atoms with E-state index in [0.717, 1.165) is 5.56 Å². The number of ether oxygens (including phenoxy) is 3. The number of nitro groups is 1. The Morgan fingerprint density at radius 2 is 1.92 bits per heavy atom. The number of rotatable bonds is 6. The van der Waals surface area contributed by atoms with Gasteiger partial charge in [-0.2, -0.15) is 5.26 Å². The Hall–Kier alpha value is -4.49. The fourth-order valence-corrected chi connectivity index (χ4v) is 5.27. The maximum absolute atomic E-state index is 13.8. The predicted molar refractivity (Wildman–Crippen MR) is 138 cm³/mol. The molecule has 188 valence electrons. The highest BCUT2D eigenvalue weighted by molar-refractivity contribution is 6.19. The number of anilines is 1. The molecule has 5 rings (SSSR count). The number of nitrogens with zero attached hydrogens (tertiary/aromatic N) is 3. The summed E-state index contributed by atoms with van der Waals surface area (Å²) in [5.74, 6) is 0.774. The average molecular weight is 521 g/mol. The lowest BCUT2D eigenvalue weighted by Crippen LogP contribution is -2.30. The number of nitriles is 1. The Morgan fingerprint density at radius 3 is 2.54 bits per heavy atom. The Labute approximate surface area is 216 Å². The first-order valence-electron chi connectivity index (χ1n) is 11.2. The normalized spacial score (nSPS) is 14.5. The van der Waals surface area contributed by atoms with Gasteiger partial charge in [-0.15, -0.1) is 11.6 Å². The molecular weight excluding hydrogens is 500 g/mol. The number of aromatic amines is 1. The smallest absolute Gasteiger partial charge is 0.279 e. The number of halogens is 1. The predicted octanol–water partition coefficient (Wildman–Crippen LogP) is 5.11. The number of aromatic nitrogens is 1. The van der Waals surface area contributed by atoms with E-state index in [1.165, 1.54) is 38.4 Å². The van der Waals surface area contributed by atoms with Crippen LogP contribution in [0.2, 0.25) is 0 Å². The van der Waals surface area contributed by atoms with Crippen LogP contribution >= 0.6 is 11.6 Å². The Balaban J connectivity index is 1.68. The molecule has 0 spiro atoms. The molecule has 37 heavy (non-hydrogen) atoms. The second-order valence-corrected chi connectivity index (χ2v) is 8.83. The zero-order chi connectivity index (χ0) is 26.4. The van der Waals surface area contributed by atoms with E-state index in [-0.39, 0.29) is 35.6 Å². The van der Waals surface area contributed by atoms with Gasteiger partial charge in [-0.3, -0.25) is 14.9 Å². The zero-order valence-corrected chi connectivity index (χ0v) is 20.9. The number of hydrogen-bond acceptors (Lipinski definition) is 7. The Bertz CT molecular complexity index is 1640. The quantitative estimate of drug-likeness (QED) is 0.212. The number of nitro benzene ring substituents is 1. The van der Waals surface area contributed by atoms with E-state index in [2.05, 4.69) is 4.98 Å². The van der Waals surface area contributed by atoms with Gasteiger partial charge in [0.1, 0.15) is 5.69 Å². The molecule has 0 radical (unpaired) electrons. The van der Waals surface area contributed by atoms with E-state index in [9.17, 15) is 20.2 Å². The van der Waals surface area contributed by atoms with Crippen LogP contribution in [0.4, 0.5) is 11.4 Å². The molecule has 1 aromatic heterocycles. The molecule has 11 heteroatoms. The fourth-order valence-electron chi connectivity index (χ4n) is 5.02. The van der Waals surface area contributed by atoms with E-state index in [1.54, 1.807) is 24.3 Å². The fraction of sp³-hybridized carbons (Fsp3) is 0.231. The second kappa shape index (κ2) is 9.19. The first kappa shape index (κ1) is 24.2. The van der Waals surface area contributed by atoms with Crippen molar-refractivity contribution in [1.82, 2.24) is 4.98 Å². The molecule has 0 bridgehead atoms. The lowest BCUT2D eigenvalue weighted by Gasteiger charge is -2.17. The summed E-state index contributed by atoms with van der Waals surface area (Å²) in [7, 11) is 4.49. The lowest BCUT2D eigenvalue weighted by molar-refractivity contribution is -0.383. The summed E-state index contributed by atoms with van der Waals surface area (Å²) in [4.78, 5) is 29.9. The molecule has 4 aromatic rings. The first-order chi connectivity index (χ1) is 17.9. The number of nitrogens with one attached hydrogen (secondary N) is 1. The van der Waals surface area contributed by atoms with Crippen LogP contribution in [0, 0.1) is 21.4 Å². The van der Waals surface area contributed by atoms with Crippen LogP contribution < -0.4 is 19.1 Å². The standard InChI is InChI=1S/C26H21ClN4O6/c1-35-21-8-14-7-18(29-23(14)25(37-3)24(21)36-2)26(32)30-12-15(10-27)22-16-5-4-13(11-28)6-17(16)19(31(33)34)9-20(22)30/h4-9,15,29H,10,12H2,1-3H3. The third-order valence-electron chi connectivity index (χ3n) is 6.64. The SMILES string of the molecule is COc1cc2cc(C(=O)N3CC(CCl)c4c3cc([N+](=O)[O-])c3cc(C#N)ccc43)[nH]c2c(OC)c1OC. The van der Waals surface area contributed by atoms with Crippen molar-refractivity contribution in [3.63, 3.8) is 0 Å². The zero-order valence-electron chi connectivity index (χ0n) is 20.1. The van der Waals surface area contributed by atoms with Gasteiger partial charge in [0, 0.05) is 29.8 Å². The van der Waals surface area contributed by atoms with Crippen molar-refractivity contribution in [1.29, 1.82) is 5.26 Å². The number of alkyl halides is 1. The summed E-state index contributed by atoms with van der Waals surface area (Å²) < 4.78 is 16.4. The number of H-pyrrole nitrogens is 1. The molecule has 1 unspecified atom stereocenters. The molecule has 0 saturated carbocycles. The number of carbonyl (C=O) groups excluding carboxylic acids is 1. The summed E-state index contributed by atoms with van der Waals surface area (Å²) in [6.45, 7) is 0.243. The van der Waals surface area contributed by atoms with Gasteiger partial charge in [-0.25, -0.2) is 0 Å². The summed E-state index contributed by atoms with van der Waals surface area (Å²) in [6.07, 6.45) is 0. The highest BCUT2D eigenvalue weighted by Crippen LogP contribution is 2.47. The molecule has 3 aromatic carbocycles. The van der Waals surface area contributed by atoms with Crippen LogP contribution in [-0.2, 0) is 0 Å². The minimum absolute atomic E-state index is 0.188. The van der Waals surface area contributed by atoms with Crippen LogP contribution in [-0.4, -0.2) is 49.6 Å². The van der Waals surface area contributed by atoms with E-state index < -0.39 is 4.92 Å². The van der Waals surface area contributed by atoms with E-state index in [0.29, 0.717) is 50.2 Å². The van der Waals surface area contributed by atoms with Crippen molar-refractivity contribution in [3.8, 4) is 23.3 Å². The molecular formula is C26H21ClN4O6. The van der Waals surface area contributed by atoms with Crippen LogP contribution in [0.1, 0.15) is 27.5 Å². The summed E-state index contributed by atoms with van der Waals surface area (Å²) >= 11 is 6.31. The number of amides is 1. The Kier molecular flexibility index (Phi) is 6.01. The first-order valence-corrected chi connectivity index (χ1v) is 11.7. The number of hydrogen-bond donors (Lipinski definition) is 1. The molecule has 10 nitrogen and oxygen atoms in total. The van der Waals surface area contributed by atoms with Crippen LogP contribution in [0.25, 0.3) is 21.7 Å². The van der Waals surface area contributed by atoms with Gasteiger partial charge in [0.15, 0.2) is 11.5 Å². The molecule has 0 fully saturated rings. The largest absolute Gasteiger partial charge is 0.493 e. The van der Waals surface area contributed by atoms with Gasteiger partial charge >= 0.3 is 0 Å². The minimum atomic E-state index is -0.507. The Morgan fingerprint density at radius 1 is 1.16 bits per heavy atom. The van der Waals surface area contributed by atoms with E-state index in [1.807, 2.05) is 6.07 Å². The van der Waals surface area contributed by atoms with Crippen molar-refractivity contribution >= 4 is 50.6 Å². The monoisotopic (exact) mass is 520 g/mol. The summed E-state index contributed by atoms with van der Waals surface area (Å²) in [5, 5.41) is 22.9. The minimum Gasteiger partial charge on any atom is -0.493 e. The third kappa shape index (κ3) is 3.67. The van der Waals surface area contributed by atoms with Crippen LogP contribution in [0.15, 0.2) is 36.4 Å². The van der Waals surface area contributed by atoms with Gasteiger partial charge < -0.3 is 24.1 Å². The van der Waals surface area contributed by atoms with E-state index >= 15 is 0 Å². The van der Waals surface area contributed by atoms with Gasteiger partial charge in [-0.05, 0) is 35.2 Å². The summed E-state index contributed by atoms with van der Waals surface area (Å²) in [5.41, 5.74) is 2.08. The number of methoxy groups -OCH3 is 3. The molecule has 1 aliphatic heterocycles. The molecule has 2 heterocycles. The van der Waals surface area contributed by atoms with Gasteiger partial charge in [0.05, 0.1) is 54.5 Å². The molecule has 0 saturated heterocycles. The van der Waals surface area contributed by atoms with Crippen LogP contribution in [0.5, 0.6) is 17.2 Å². The van der Waals surface area contributed by atoms with Crippen molar-refractivity contribution in [2.24, 2.45) is 0 Å². The van der Waals surface area contributed by atoms with Crippen molar-refractivity contribution < 1.29 is 23.9 Å². The number of fused-ring (bicyclic) bond motifs is 4. The highest BCUT2D eigenvalue weighted by atomic mass is 35.5. The maximum atomic E-state index is 13.8. The second-order valence-electron chi connectivity index (χ2n) is 8.52. The maximum Gasteiger partial charge on any atom is 0.279 e. The van der Waals surface area contributed by atoms with Crippen molar-refractivity contribution in [2.45, 2.75) is 5.92 Å². The average Bonchev–Trinajstić information content (AvgIpc) is 3.51. The topological polar surface area (TPSA) is 131 Å². The lowest BCUT2D eigenvalue weighted by atomic mass is 9.94. The molecule has 0 aliphatic carbocycles. The van der Waals surface area contributed by atoms with Gasteiger partial charge in [0.2, 0.25) is 5.75 Å². The van der Waals surface area contributed by atoms with Crippen molar-refractivity contribution in [2.75, 3.05) is 38.7 Å². The number of non-ortho nitro benzene ring substituents is 1. The third-order valence-corrected chi connectivity index (χ3v) is 7.02. The van der Waals surface area contributed by atoms with E-state index in [4.69, 9.17) is 25.8 Å². The molecule has 1 N–H and O–H groups in total. The molecule has 1 aliphatic rings. The van der Waals surface area contributed by atoms with Crippen molar-refractivity contribution in [3.05, 3.63) is 63.3 Å². The highest BCUT2D eigenvalue weighted by Gasteiger charge is 2.37. The molecule has 1 amide bonds. The van der Waals surface area contributed by atoms with Crippen LogP contribution in [0.3, 0.4) is 0 Å². The van der Waals surface area contributed by atoms with Gasteiger partial charge in [0.25, 0.3) is 11.6 Å². The molecule has 1 atom stereocenters.